The van der Waals surface area contributed by atoms with Crippen LogP contribution in [0.5, 0.6) is 0 Å². The summed E-state index contributed by atoms with van der Waals surface area (Å²) in [5, 5.41) is 9.12. The Morgan fingerprint density at radius 2 is 2.33 bits per heavy atom. The lowest BCUT2D eigenvalue weighted by Crippen LogP contribution is -1.88. The molecule has 0 saturated carbocycles. The highest BCUT2D eigenvalue weighted by molar-refractivity contribution is 5.57. The van der Waals surface area contributed by atoms with Gasteiger partial charge in [0.2, 0.25) is 0 Å². The van der Waals surface area contributed by atoms with Gasteiger partial charge < -0.3 is 4.74 Å². The number of hydrogen-bond donors (Lipinski definition) is 0. The maximum Gasteiger partial charge on any atom is 0.564 e. The number of rotatable bonds is 0. The van der Waals surface area contributed by atoms with Gasteiger partial charge in [0.15, 0.2) is 0 Å². The molecule has 0 bridgehead atoms. The van der Waals surface area contributed by atoms with E-state index >= 15 is 0 Å². The Hall–Kier alpha value is -1.17. The van der Waals surface area contributed by atoms with Crippen molar-refractivity contribution in [3.05, 3.63) is 0 Å². The Morgan fingerprint density at radius 1 is 1.83 bits per heavy atom. The van der Waals surface area contributed by atoms with Crippen molar-refractivity contribution in [2.24, 2.45) is 0 Å². The van der Waals surface area contributed by atoms with Crippen molar-refractivity contribution < 1.29 is 14.6 Å². The highest BCUT2D eigenvalue weighted by Crippen LogP contribution is 1.67. The van der Waals surface area contributed by atoms with Gasteiger partial charge in [-0.2, -0.15) is 9.90 Å². The molecule has 3 heteroatoms. The number of carbonyl (C=O) groups is 1. The molecule has 0 aromatic carbocycles. The molecule has 0 unspecified atom stereocenters. The van der Waals surface area contributed by atoms with Gasteiger partial charge in [0.05, 0.1) is 0 Å². The van der Waals surface area contributed by atoms with Crippen LogP contribution in [-0.4, -0.2) is 6.16 Å². The normalized spacial score (nSPS) is 5.83. The summed E-state index contributed by atoms with van der Waals surface area (Å²) >= 11 is 0. The molecule has 3 nitrogen and oxygen atoms in total. The number of hydrogen-bond acceptors (Lipinski definition) is 2. The van der Waals surface area contributed by atoms with Gasteiger partial charge in [-0.1, -0.05) is 6.42 Å². The SMILES string of the molecule is C#COC([O])=O. The average molecular weight is 85.0 g/mol. The Bertz CT molecular complexity index is 88.7. The predicted octanol–water partition coefficient (Wildman–Crippen LogP) is 0.144. The van der Waals surface area contributed by atoms with E-state index in [1.807, 2.05) is 0 Å². The molecule has 0 rings (SSSR count). The molecule has 31 valence electrons. The fourth-order valence-corrected chi connectivity index (χ4v) is 0.0481. The third-order valence-electron chi connectivity index (χ3n) is 0.142. The van der Waals surface area contributed by atoms with Crippen molar-refractivity contribution in [3.63, 3.8) is 0 Å². The first kappa shape index (κ1) is 4.83. The molecule has 0 aliphatic heterocycles. The Kier molecular flexibility index (Phi) is 1.68. The van der Waals surface area contributed by atoms with E-state index in [9.17, 15) is 0 Å². The molecule has 0 spiro atoms. The van der Waals surface area contributed by atoms with Gasteiger partial charge in [-0.05, 0) is 0 Å². The molecule has 0 atom stereocenters. The van der Waals surface area contributed by atoms with E-state index in [1.165, 1.54) is 6.11 Å². The predicted molar refractivity (Wildman–Crippen MR) is 16.0 cm³/mol. The number of terminal acetylenes is 1. The van der Waals surface area contributed by atoms with Crippen LogP contribution in [0.15, 0.2) is 0 Å². The highest BCUT2D eigenvalue weighted by atomic mass is 16.6. The standard InChI is InChI=1S/C3HO3/c1-2-6-3(4)5/h1H. The molecule has 0 amide bonds. The molecule has 0 aliphatic carbocycles. The lowest BCUT2D eigenvalue weighted by Gasteiger charge is -1.72. The van der Waals surface area contributed by atoms with Crippen LogP contribution in [0, 0.1) is 12.5 Å². The molecule has 0 saturated heterocycles. The number of carbonyl (C=O) groups excluding carboxylic acids is 1. The van der Waals surface area contributed by atoms with Crippen LogP contribution in [0.25, 0.3) is 0 Å². The third-order valence-corrected chi connectivity index (χ3v) is 0.142. The maximum atomic E-state index is 9.12. The summed E-state index contributed by atoms with van der Waals surface area (Å²) in [6, 6.07) is 0. The molecule has 0 N–H and O–H groups in total. The first-order valence-corrected chi connectivity index (χ1v) is 1.11. The minimum absolute atomic E-state index is 1.41. The van der Waals surface area contributed by atoms with E-state index < -0.39 is 6.16 Å². The summed E-state index contributed by atoms with van der Waals surface area (Å²) in [5.41, 5.74) is 0. The molecule has 0 aliphatic rings. The molecule has 6 heavy (non-hydrogen) atoms. The summed E-state index contributed by atoms with van der Waals surface area (Å²) in [6.07, 6.45) is 4.04. The zero-order valence-electron chi connectivity index (χ0n) is 2.80. The van der Waals surface area contributed by atoms with Gasteiger partial charge in [0.25, 0.3) is 0 Å². The van der Waals surface area contributed by atoms with E-state index in [1.54, 1.807) is 0 Å². The zero-order valence-corrected chi connectivity index (χ0v) is 2.80. The van der Waals surface area contributed by atoms with Crippen LogP contribution in [0.3, 0.4) is 0 Å². The van der Waals surface area contributed by atoms with Crippen molar-refractivity contribution in [2.45, 2.75) is 0 Å². The van der Waals surface area contributed by atoms with Crippen LogP contribution in [0.4, 0.5) is 4.79 Å². The van der Waals surface area contributed by atoms with E-state index in [-0.39, 0.29) is 0 Å². The van der Waals surface area contributed by atoms with Crippen LogP contribution < -0.4 is 0 Å². The van der Waals surface area contributed by atoms with Crippen molar-refractivity contribution in [1.29, 1.82) is 0 Å². The quantitative estimate of drug-likeness (QED) is 0.310. The second kappa shape index (κ2) is 2.09. The molecule has 0 heterocycles. The van der Waals surface area contributed by atoms with Crippen molar-refractivity contribution in [1.82, 2.24) is 0 Å². The van der Waals surface area contributed by atoms with Crippen molar-refractivity contribution in [2.75, 3.05) is 0 Å². The van der Waals surface area contributed by atoms with Gasteiger partial charge in [-0.25, -0.2) is 0 Å². The molecule has 0 fully saturated rings. The Labute approximate surface area is 34.5 Å². The van der Waals surface area contributed by atoms with Gasteiger partial charge in [0, 0.05) is 0 Å². The van der Waals surface area contributed by atoms with Crippen molar-refractivity contribution >= 4 is 6.16 Å². The third kappa shape index (κ3) is 2.83. The lowest BCUT2D eigenvalue weighted by atomic mass is 11.2. The van der Waals surface area contributed by atoms with Gasteiger partial charge >= 0.3 is 6.16 Å². The molecular formula is C3HO3. The lowest BCUT2D eigenvalue weighted by molar-refractivity contribution is 0.107. The van der Waals surface area contributed by atoms with Crippen LogP contribution in [-0.2, 0) is 9.84 Å². The molecule has 0 aromatic heterocycles. The molecular weight excluding hydrogens is 84.0 g/mol. The fraction of sp³-hybridized carbons (Fsp3) is 0. The summed E-state index contributed by atoms with van der Waals surface area (Å²) in [4.78, 5) is 9.12. The van der Waals surface area contributed by atoms with Gasteiger partial charge in [-0.3, -0.25) is 0 Å². The van der Waals surface area contributed by atoms with Crippen LogP contribution in [0.1, 0.15) is 0 Å². The molecule has 1 radical (unpaired) electrons. The minimum Gasteiger partial charge on any atom is -0.338 e. The summed E-state index contributed by atoms with van der Waals surface area (Å²) in [7, 11) is 0. The molecule has 0 aromatic rings. The topological polar surface area (TPSA) is 46.2 Å². The Balaban J connectivity index is 3.13. The van der Waals surface area contributed by atoms with Crippen molar-refractivity contribution in [3.8, 4) is 12.5 Å². The minimum atomic E-state index is -1.70. The smallest absolute Gasteiger partial charge is 0.338 e. The maximum absolute atomic E-state index is 9.12. The largest absolute Gasteiger partial charge is 0.564 e. The van der Waals surface area contributed by atoms with E-state index in [0.717, 1.165) is 0 Å². The highest BCUT2D eigenvalue weighted by Gasteiger charge is 1.90. The van der Waals surface area contributed by atoms with E-state index in [2.05, 4.69) is 11.2 Å². The second-order valence-electron chi connectivity index (χ2n) is 0.470. The van der Waals surface area contributed by atoms with Gasteiger partial charge in [-0.15, -0.1) is 0 Å². The second-order valence-corrected chi connectivity index (χ2v) is 0.470. The summed E-state index contributed by atoms with van der Waals surface area (Å²) < 4.78 is 3.38. The number of ether oxygens (including phenoxy) is 1. The van der Waals surface area contributed by atoms with Gasteiger partial charge in [0.1, 0.15) is 6.11 Å². The van der Waals surface area contributed by atoms with Crippen LogP contribution in [0.2, 0.25) is 0 Å². The first-order valence-electron chi connectivity index (χ1n) is 1.11. The average Bonchev–Trinajstić information content (AvgIpc) is 1.35. The van der Waals surface area contributed by atoms with Crippen LogP contribution >= 0.6 is 0 Å². The Morgan fingerprint density at radius 3 is 2.33 bits per heavy atom. The summed E-state index contributed by atoms with van der Waals surface area (Å²) in [5.74, 6) is 0. The monoisotopic (exact) mass is 85.0 g/mol. The summed E-state index contributed by atoms with van der Waals surface area (Å²) in [6.45, 7) is 0. The fourth-order valence-electron chi connectivity index (χ4n) is 0.0481. The zero-order chi connectivity index (χ0) is 4.99. The first-order chi connectivity index (χ1) is 2.77. The van der Waals surface area contributed by atoms with E-state index in [4.69, 9.17) is 9.90 Å². The van der Waals surface area contributed by atoms with E-state index in [0.29, 0.717) is 0 Å².